The molecule has 9 heteroatoms. The molecule has 162 valence electrons. The van der Waals surface area contributed by atoms with Crippen LogP contribution in [-0.4, -0.2) is 49.1 Å². The van der Waals surface area contributed by atoms with Crippen LogP contribution in [0.25, 0.3) is 22.0 Å². The van der Waals surface area contributed by atoms with E-state index in [9.17, 15) is 4.79 Å². The van der Waals surface area contributed by atoms with Gasteiger partial charge < -0.3 is 16.0 Å². The van der Waals surface area contributed by atoms with Gasteiger partial charge in [-0.05, 0) is 48.9 Å². The Kier molecular flexibility index (Phi) is 4.93. The van der Waals surface area contributed by atoms with Crippen LogP contribution in [0.1, 0.15) is 24.4 Å². The molecule has 32 heavy (non-hydrogen) atoms. The van der Waals surface area contributed by atoms with Gasteiger partial charge in [0.15, 0.2) is 0 Å². The number of nitrogens with two attached hydrogens (primary N) is 1. The molecule has 4 aromatic heterocycles. The fraction of sp³-hybridized carbons (Fsp3) is 0.261. The first kappa shape index (κ1) is 19.9. The van der Waals surface area contributed by atoms with Crippen molar-refractivity contribution in [1.29, 1.82) is 0 Å². The maximum absolute atomic E-state index is 12.5. The van der Waals surface area contributed by atoms with Crippen molar-refractivity contribution in [2.45, 2.75) is 25.8 Å². The Morgan fingerprint density at radius 2 is 2.09 bits per heavy atom. The summed E-state index contributed by atoms with van der Waals surface area (Å²) in [4.78, 5) is 27.4. The Hall–Kier alpha value is -4.01. The molecule has 9 nitrogen and oxygen atoms in total. The van der Waals surface area contributed by atoms with Crippen LogP contribution in [0.3, 0.4) is 0 Å². The third kappa shape index (κ3) is 3.62. The SMILES string of the molecule is Cc1ccncc1-c1cc2cc(Nc3cnn([C@H]4CCCN(C)C4=O)c3)ncc2c(N)n1. The fourth-order valence-corrected chi connectivity index (χ4v) is 4.09. The van der Waals surface area contributed by atoms with Crippen molar-refractivity contribution < 1.29 is 4.79 Å². The molecule has 1 saturated heterocycles. The van der Waals surface area contributed by atoms with Crippen molar-refractivity contribution in [3.05, 3.63) is 54.7 Å². The Labute approximate surface area is 185 Å². The average Bonchev–Trinajstić information content (AvgIpc) is 3.24. The van der Waals surface area contributed by atoms with E-state index in [1.54, 1.807) is 34.4 Å². The number of likely N-dealkylation sites (tertiary alicyclic amines) is 1. The minimum absolute atomic E-state index is 0.0935. The van der Waals surface area contributed by atoms with Crippen LogP contribution in [0.15, 0.2) is 49.2 Å². The Morgan fingerprint density at radius 1 is 1.22 bits per heavy atom. The molecule has 5 heterocycles. The number of rotatable bonds is 4. The van der Waals surface area contributed by atoms with Crippen LogP contribution in [0, 0.1) is 6.92 Å². The van der Waals surface area contributed by atoms with E-state index in [4.69, 9.17) is 5.73 Å². The predicted molar refractivity (Wildman–Crippen MR) is 123 cm³/mol. The van der Waals surface area contributed by atoms with E-state index in [1.165, 1.54) is 0 Å². The zero-order valence-electron chi connectivity index (χ0n) is 18.0. The van der Waals surface area contributed by atoms with Gasteiger partial charge in [-0.3, -0.25) is 14.5 Å². The molecule has 0 unspecified atom stereocenters. The lowest BCUT2D eigenvalue weighted by molar-refractivity contribution is -0.136. The van der Waals surface area contributed by atoms with Crippen LogP contribution in [-0.2, 0) is 4.79 Å². The molecule has 1 fully saturated rings. The summed E-state index contributed by atoms with van der Waals surface area (Å²) in [5.41, 5.74) is 9.77. The molecular formula is C23H24N8O. The molecule has 1 aliphatic heterocycles. The van der Waals surface area contributed by atoms with Crippen molar-refractivity contribution in [2.24, 2.45) is 0 Å². The standard InChI is InChI=1S/C23H24N8O/c1-14-5-6-25-11-17(14)19-8-15-9-21(26-12-18(15)22(24)29-19)28-16-10-27-31(13-16)20-4-3-7-30(2)23(20)32/h5-6,8-13,20H,3-4,7H2,1-2H3,(H2,24,29)(H,26,28)/t20-/m0/s1. The normalized spacial score (nSPS) is 16.5. The largest absolute Gasteiger partial charge is 0.383 e. The fourth-order valence-electron chi connectivity index (χ4n) is 4.09. The van der Waals surface area contributed by atoms with Crippen molar-refractivity contribution >= 4 is 34.0 Å². The number of fused-ring (bicyclic) bond motifs is 1. The summed E-state index contributed by atoms with van der Waals surface area (Å²) in [7, 11) is 1.83. The molecule has 3 N–H and O–H groups in total. The zero-order chi connectivity index (χ0) is 22.2. The van der Waals surface area contributed by atoms with Gasteiger partial charge in [-0.1, -0.05) is 0 Å². The molecule has 1 atom stereocenters. The summed E-state index contributed by atoms with van der Waals surface area (Å²) in [6.07, 6.45) is 10.6. The van der Waals surface area contributed by atoms with Gasteiger partial charge in [0.05, 0.1) is 17.6 Å². The highest BCUT2D eigenvalue weighted by Gasteiger charge is 2.28. The Balaban J connectivity index is 1.44. The van der Waals surface area contributed by atoms with Crippen LogP contribution in [0.2, 0.25) is 0 Å². The maximum atomic E-state index is 12.5. The topological polar surface area (TPSA) is 115 Å². The number of carbonyl (C=O) groups excluding carboxylic acids is 1. The van der Waals surface area contributed by atoms with Gasteiger partial charge in [-0.25, -0.2) is 9.97 Å². The first-order valence-corrected chi connectivity index (χ1v) is 10.5. The van der Waals surface area contributed by atoms with Crippen molar-refractivity contribution in [1.82, 2.24) is 29.6 Å². The number of aromatic nitrogens is 5. The lowest BCUT2D eigenvalue weighted by atomic mass is 10.1. The summed E-state index contributed by atoms with van der Waals surface area (Å²) in [5, 5.41) is 9.39. The second kappa shape index (κ2) is 7.92. The van der Waals surface area contributed by atoms with E-state index in [0.29, 0.717) is 11.6 Å². The number of aryl methyl sites for hydroxylation is 1. The average molecular weight is 429 g/mol. The number of piperidine rings is 1. The van der Waals surface area contributed by atoms with E-state index in [2.05, 4.69) is 25.4 Å². The number of likely N-dealkylation sites (N-methyl/N-ethyl adjacent to an activating group) is 1. The highest BCUT2D eigenvalue weighted by molar-refractivity contribution is 5.94. The number of hydrogen-bond donors (Lipinski definition) is 2. The third-order valence-corrected chi connectivity index (χ3v) is 5.89. The van der Waals surface area contributed by atoms with Crippen LogP contribution >= 0.6 is 0 Å². The number of hydrogen-bond acceptors (Lipinski definition) is 7. The van der Waals surface area contributed by atoms with Gasteiger partial charge in [0, 0.05) is 49.3 Å². The minimum atomic E-state index is -0.259. The van der Waals surface area contributed by atoms with Gasteiger partial charge in [0.25, 0.3) is 0 Å². The molecule has 0 radical (unpaired) electrons. The summed E-state index contributed by atoms with van der Waals surface area (Å²) in [5.74, 6) is 1.17. The molecule has 1 aliphatic rings. The van der Waals surface area contributed by atoms with Gasteiger partial charge in [0.2, 0.25) is 5.91 Å². The lowest BCUT2D eigenvalue weighted by Gasteiger charge is -2.29. The summed E-state index contributed by atoms with van der Waals surface area (Å²) >= 11 is 0. The Bertz CT molecular complexity index is 1310. The minimum Gasteiger partial charge on any atom is -0.383 e. The quantitative estimate of drug-likeness (QED) is 0.512. The van der Waals surface area contributed by atoms with Gasteiger partial charge in [-0.2, -0.15) is 5.10 Å². The number of pyridine rings is 3. The number of anilines is 3. The predicted octanol–water partition coefficient (Wildman–Crippen LogP) is 3.32. The molecule has 0 bridgehead atoms. The molecule has 0 spiro atoms. The van der Waals surface area contributed by atoms with Gasteiger partial charge in [-0.15, -0.1) is 0 Å². The first-order valence-electron chi connectivity index (χ1n) is 10.5. The monoisotopic (exact) mass is 428 g/mol. The Morgan fingerprint density at radius 3 is 2.94 bits per heavy atom. The van der Waals surface area contributed by atoms with Crippen LogP contribution in [0.5, 0.6) is 0 Å². The molecule has 0 saturated carbocycles. The summed E-state index contributed by atoms with van der Waals surface area (Å²) < 4.78 is 1.73. The molecular weight excluding hydrogens is 404 g/mol. The number of amides is 1. The number of nitrogens with one attached hydrogen (secondary N) is 1. The van der Waals surface area contributed by atoms with E-state index in [-0.39, 0.29) is 11.9 Å². The van der Waals surface area contributed by atoms with Crippen molar-refractivity contribution in [3.63, 3.8) is 0 Å². The smallest absolute Gasteiger partial charge is 0.247 e. The lowest BCUT2D eigenvalue weighted by Crippen LogP contribution is -2.39. The molecule has 1 amide bonds. The maximum Gasteiger partial charge on any atom is 0.247 e. The van der Waals surface area contributed by atoms with Gasteiger partial charge in [0.1, 0.15) is 17.7 Å². The number of nitrogen functional groups attached to an aromatic ring is 1. The second-order valence-corrected chi connectivity index (χ2v) is 8.13. The van der Waals surface area contributed by atoms with Gasteiger partial charge >= 0.3 is 0 Å². The molecule has 5 rings (SSSR count). The second-order valence-electron chi connectivity index (χ2n) is 8.13. The van der Waals surface area contributed by atoms with Crippen molar-refractivity contribution in [3.8, 4) is 11.3 Å². The zero-order valence-corrected chi connectivity index (χ0v) is 18.0. The van der Waals surface area contributed by atoms with E-state index in [1.807, 2.05) is 38.4 Å². The molecule has 0 aliphatic carbocycles. The molecule has 4 aromatic rings. The van der Waals surface area contributed by atoms with Crippen molar-refractivity contribution in [2.75, 3.05) is 24.6 Å². The third-order valence-electron chi connectivity index (χ3n) is 5.89. The highest BCUT2D eigenvalue weighted by Crippen LogP contribution is 2.29. The number of carbonyl (C=O) groups is 1. The van der Waals surface area contributed by atoms with Crippen LogP contribution in [0.4, 0.5) is 17.3 Å². The summed E-state index contributed by atoms with van der Waals surface area (Å²) in [6, 6.07) is 5.61. The highest BCUT2D eigenvalue weighted by atomic mass is 16.2. The summed E-state index contributed by atoms with van der Waals surface area (Å²) in [6.45, 7) is 2.81. The van der Waals surface area contributed by atoms with Crippen LogP contribution < -0.4 is 11.1 Å². The van der Waals surface area contributed by atoms with E-state index >= 15 is 0 Å². The van der Waals surface area contributed by atoms with E-state index < -0.39 is 0 Å². The molecule has 0 aromatic carbocycles. The number of nitrogens with zero attached hydrogens (tertiary/aromatic N) is 6. The first-order chi connectivity index (χ1) is 15.5. The van der Waals surface area contributed by atoms with E-state index in [0.717, 1.165) is 52.7 Å².